The maximum absolute atomic E-state index is 11.8. The normalized spacial score (nSPS) is 17.8. The van der Waals surface area contributed by atoms with Crippen molar-refractivity contribution in [2.24, 2.45) is 10.7 Å². The van der Waals surface area contributed by atoms with Crippen LogP contribution in [0.2, 0.25) is 0 Å². The molecule has 1 heterocycles. The summed E-state index contributed by atoms with van der Waals surface area (Å²) >= 11 is 1.93. The highest BCUT2D eigenvalue weighted by molar-refractivity contribution is 14.0. The zero-order valence-corrected chi connectivity index (χ0v) is 11.3. The van der Waals surface area contributed by atoms with Gasteiger partial charge in [-0.3, -0.25) is 9.38 Å². The van der Waals surface area contributed by atoms with E-state index in [4.69, 9.17) is 5.73 Å². The van der Waals surface area contributed by atoms with Gasteiger partial charge >= 0.3 is 0 Å². The zero-order valence-electron chi connectivity index (χ0n) is 8.12. The summed E-state index contributed by atoms with van der Waals surface area (Å²) in [6.45, 7) is 2.13. The minimum atomic E-state index is -0.313. The standard InChI is InChI=1S/C8H16FN3S.HI/c9-2-1-3-11-8(10)12-4-6-13-7-5-12;/h1-7H2,(H2,10,11);1H. The van der Waals surface area contributed by atoms with Gasteiger partial charge in [0.2, 0.25) is 0 Å². The van der Waals surface area contributed by atoms with Crippen LogP contribution in [-0.4, -0.2) is 48.7 Å². The van der Waals surface area contributed by atoms with E-state index in [1.54, 1.807) is 0 Å². The molecular weight excluding hydrogens is 316 g/mol. The molecule has 0 unspecified atom stereocenters. The largest absolute Gasteiger partial charge is 0.370 e. The van der Waals surface area contributed by atoms with Crippen LogP contribution < -0.4 is 5.73 Å². The van der Waals surface area contributed by atoms with Crippen LogP contribution in [0.25, 0.3) is 0 Å². The number of alkyl halides is 1. The first-order valence-corrected chi connectivity index (χ1v) is 5.68. The summed E-state index contributed by atoms with van der Waals surface area (Å²) in [6.07, 6.45) is 0.475. The number of nitrogens with two attached hydrogens (primary N) is 1. The Bertz CT molecular complexity index is 174. The summed E-state index contributed by atoms with van der Waals surface area (Å²) in [5.41, 5.74) is 5.73. The monoisotopic (exact) mass is 333 g/mol. The fourth-order valence-electron chi connectivity index (χ4n) is 1.15. The molecule has 0 aromatic rings. The van der Waals surface area contributed by atoms with Crippen molar-refractivity contribution < 1.29 is 4.39 Å². The first-order chi connectivity index (χ1) is 6.34. The van der Waals surface area contributed by atoms with Gasteiger partial charge in [0.1, 0.15) is 0 Å². The fourth-order valence-corrected chi connectivity index (χ4v) is 2.05. The third-order valence-corrected chi connectivity index (χ3v) is 2.84. The van der Waals surface area contributed by atoms with Crippen molar-refractivity contribution in [1.29, 1.82) is 0 Å². The first kappa shape index (κ1) is 14.3. The lowest BCUT2D eigenvalue weighted by molar-refractivity contribution is 0.450. The highest BCUT2D eigenvalue weighted by Gasteiger charge is 2.11. The Morgan fingerprint density at radius 2 is 2.07 bits per heavy atom. The molecule has 0 aromatic carbocycles. The van der Waals surface area contributed by atoms with Crippen LogP contribution in [0.5, 0.6) is 0 Å². The number of guanidine groups is 1. The average molecular weight is 333 g/mol. The Kier molecular flexibility index (Phi) is 8.75. The second-order valence-electron chi connectivity index (χ2n) is 2.88. The predicted octanol–water partition coefficient (Wildman–Crippen LogP) is 1.33. The van der Waals surface area contributed by atoms with Crippen LogP contribution in [0, 0.1) is 0 Å². The molecule has 0 aromatic heterocycles. The van der Waals surface area contributed by atoms with E-state index in [0.29, 0.717) is 18.9 Å². The van der Waals surface area contributed by atoms with Gasteiger partial charge in [-0.05, 0) is 6.42 Å². The van der Waals surface area contributed by atoms with Crippen molar-refractivity contribution in [3.63, 3.8) is 0 Å². The Labute approximate surface area is 106 Å². The van der Waals surface area contributed by atoms with Gasteiger partial charge in [-0.2, -0.15) is 11.8 Å². The number of hydrogen-bond acceptors (Lipinski definition) is 2. The van der Waals surface area contributed by atoms with Crippen LogP contribution in [0.15, 0.2) is 4.99 Å². The minimum Gasteiger partial charge on any atom is -0.370 e. The van der Waals surface area contributed by atoms with Gasteiger partial charge in [0.15, 0.2) is 5.96 Å². The molecule has 3 nitrogen and oxygen atoms in total. The van der Waals surface area contributed by atoms with Crippen LogP contribution in [0.1, 0.15) is 6.42 Å². The Morgan fingerprint density at radius 3 is 2.64 bits per heavy atom. The lowest BCUT2D eigenvalue weighted by Gasteiger charge is -2.27. The van der Waals surface area contributed by atoms with Crippen molar-refractivity contribution >= 4 is 41.7 Å². The molecule has 0 amide bonds. The maximum Gasteiger partial charge on any atom is 0.191 e. The first-order valence-electron chi connectivity index (χ1n) is 4.53. The van der Waals surface area contributed by atoms with Crippen LogP contribution in [0.3, 0.4) is 0 Å². The predicted molar refractivity (Wildman–Crippen MR) is 71.4 cm³/mol. The Hall–Kier alpha value is 0.280. The molecule has 0 radical (unpaired) electrons. The van der Waals surface area contributed by atoms with E-state index < -0.39 is 0 Å². The van der Waals surface area contributed by atoms with E-state index in [2.05, 4.69) is 9.89 Å². The number of halogens is 2. The molecule has 6 heteroatoms. The van der Waals surface area contributed by atoms with Crippen molar-refractivity contribution in [2.45, 2.75) is 6.42 Å². The molecule has 0 bridgehead atoms. The van der Waals surface area contributed by atoms with Gasteiger partial charge < -0.3 is 10.6 Å². The van der Waals surface area contributed by atoms with Crippen molar-refractivity contribution in [3.8, 4) is 0 Å². The second-order valence-corrected chi connectivity index (χ2v) is 4.11. The molecule has 1 aliphatic heterocycles. The number of thioether (sulfide) groups is 1. The summed E-state index contributed by atoms with van der Waals surface area (Å²) in [5.74, 6) is 2.80. The summed E-state index contributed by atoms with van der Waals surface area (Å²) < 4.78 is 11.8. The molecule has 1 aliphatic rings. The zero-order chi connectivity index (χ0) is 9.52. The van der Waals surface area contributed by atoms with E-state index in [-0.39, 0.29) is 30.7 Å². The van der Waals surface area contributed by atoms with Gasteiger partial charge in [-0.25, -0.2) is 0 Å². The SMILES string of the molecule is I.NC(=NCCCF)N1CCSCC1. The highest BCUT2D eigenvalue weighted by Crippen LogP contribution is 2.08. The van der Waals surface area contributed by atoms with Gasteiger partial charge in [-0.1, -0.05) is 0 Å². The molecule has 2 N–H and O–H groups in total. The van der Waals surface area contributed by atoms with Crippen LogP contribution in [-0.2, 0) is 0 Å². The van der Waals surface area contributed by atoms with E-state index >= 15 is 0 Å². The molecule has 1 rings (SSSR count). The van der Waals surface area contributed by atoms with Crippen molar-refractivity contribution in [2.75, 3.05) is 37.8 Å². The Balaban J connectivity index is 0.00000169. The lowest BCUT2D eigenvalue weighted by Crippen LogP contribution is -2.42. The minimum absolute atomic E-state index is 0. The molecule has 0 saturated carbocycles. The van der Waals surface area contributed by atoms with E-state index in [1.165, 1.54) is 0 Å². The van der Waals surface area contributed by atoms with E-state index in [1.807, 2.05) is 11.8 Å². The Morgan fingerprint density at radius 1 is 1.43 bits per heavy atom. The molecule has 84 valence electrons. The quantitative estimate of drug-likeness (QED) is 0.367. The molecule has 0 atom stereocenters. The van der Waals surface area contributed by atoms with Crippen molar-refractivity contribution in [3.05, 3.63) is 0 Å². The van der Waals surface area contributed by atoms with Gasteiger partial charge in [0, 0.05) is 31.1 Å². The molecule has 1 fully saturated rings. The third-order valence-electron chi connectivity index (χ3n) is 1.90. The van der Waals surface area contributed by atoms with Gasteiger partial charge in [-0.15, -0.1) is 24.0 Å². The van der Waals surface area contributed by atoms with Gasteiger partial charge in [0.05, 0.1) is 6.67 Å². The molecule has 0 spiro atoms. The number of hydrogen-bond donors (Lipinski definition) is 1. The number of aliphatic imine (C=N–C) groups is 1. The smallest absolute Gasteiger partial charge is 0.191 e. The molecule has 14 heavy (non-hydrogen) atoms. The topological polar surface area (TPSA) is 41.6 Å². The van der Waals surface area contributed by atoms with Crippen LogP contribution in [0.4, 0.5) is 4.39 Å². The fraction of sp³-hybridized carbons (Fsp3) is 0.875. The summed E-state index contributed by atoms with van der Waals surface area (Å²) in [4.78, 5) is 6.17. The van der Waals surface area contributed by atoms with Gasteiger partial charge in [0.25, 0.3) is 0 Å². The van der Waals surface area contributed by atoms with Crippen molar-refractivity contribution in [1.82, 2.24) is 4.90 Å². The average Bonchev–Trinajstić information content (AvgIpc) is 2.19. The number of nitrogens with zero attached hydrogens (tertiary/aromatic N) is 2. The van der Waals surface area contributed by atoms with Crippen LogP contribution >= 0.6 is 35.7 Å². The summed E-state index contributed by atoms with van der Waals surface area (Å²) in [5, 5.41) is 0. The molecular formula is C8H17FIN3S. The maximum atomic E-state index is 11.8. The second kappa shape index (κ2) is 8.58. The highest BCUT2D eigenvalue weighted by atomic mass is 127. The third kappa shape index (κ3) is 5.23. The summed E-state index contributed by atoms with van der Waals surface area (Å²) in [7, 11) is 0. The molecule has 0 aliphatic carbocycles. The van der Waals surface area contributed by atoms with E-state index in [9.17, 15) is 4.39 Å². The van der Waals surface area contributed by atoms with E-state index in [0.717, 1.165) is 24.6 Å². The lowest BCUT2D eigenvalue weighted by atomic mass is 10.5. The molecule has 1 saturated heterocycles. The summed E-state index contributed by atoms with van der Waals surface area (Å²) in [6, 6.07) is 0. The number of rotatable bonds is 3.